The minimum Gasteiger partial charge on any atom is -0.384 e. The van der Waals surface area contributed by atoms with E-state index >= 15 is 0 Å². The first-order valence-electron chi connectivity index (χ1n) is 11.6. The van der Waals surface area contributed by atoms with Gasteiger partial charge in [-0.05, 0) is 54.3 Å². The molecule has 9 heteroatoms. The van der Waals surface area contributed by atoms with Crippen molar-refractivity contribution < 1.29 is 14.3 Å². The molecule has 0 saturated heterocycles. The molecule has 0 saturated carbocycles. The van der Waals surface area contributed by atoms with Crippen molar-refractivity contribution in [2.75, 3.05) is 31.3 Å². The molecule has 4 rings (SSSR count). The molecule has 35 heavy (non-hydrogen) atoms. The number of rotatable bonds is 9. The Balaban J connectivity index is 1.43. The number of hydrogen-bond acceptors (Lipinski definition) is 6. The summed E-state index contributed by atoms with van der Waals surface area (Å²) in [6.45, 7) is 7.11. The number of benzene rings is 1. The lowest BCUT2D eigenvalue weighted by atomic mass is 10.1. The first kappa shape index (κ1) is 24.3. The maximum Gasteiger partial charge on any atom is 0.253 e. The molecular weight excluding hydrogens is 444 g/mol. The fourth-order valence-corrected chi connectivity index (χ4v) is 4.41. The second-order valence-corrected chi connectivity index (χ2v) is 8.87. The Morgan fingerprint density at radius 2 is 2.14 bits per heavy atom. The Kier molecular flexibility index (Phi) is 7.36. The van der Waals surface area contributed by atoms with Crippen molar-refractivity contribution in [3.63, 3.8) is 0 Å². The van der Waals surface area contributed by atoms with E-state index in [1.807, 2.05) is 38.2 Å². The van der Waals surface area contributed by atoms with E-state index in [4.69, 9.17) is 10.5 Å². The molecule has 0 unspecified atom stereocenters. The first-order valence-corrected chi connectivity index (χ1v) is 11.6. The van der Waals surface area contributed by atoms with Crippen molar-refractivity contribution in [3.05, 3.63) is 75.7 Å². The molecule has 0 bridgehead atoms. The second kappa shape index (κ2) is 10.6. The minimum atomic E-state index is -0.123. The van der Waals surface area contributed by atoms with Gasteiger partial charge in [0.05, 0.1) is 18.7 Å². The lowest BCUT2D eigenvalue weighted by Gasteiger charge is -2.18. The van der Waals surface area contributed by atoms with E-state index in [1.165, 1.54) is 0 Å². The fourth-order valence-electron chi connectivity index (χ4n) is 4.41. The standard InChI is InChI=1S/C26H32N6O3/c1-17-8-25(27)30-18(2)23(17)12-29-26(34)21-10-22-11-28-24-9-19(13-31(16-33)6-7-35-3)4-5-20(24)14-32(22)15-21/h4-5,8-10,15-16,28H,6-7,11-14H2,1-3H3,(H2,27,30)(H,29,34). The van der Waals surface area contributed by atoms with E-state index < -0.39 is 0 Å². The number of nitrogens with zero attached hydrogens (tertiary/aromatic N) is 3. The Morgan fingerprint density at radius 1 is 1.31 bits per heavy atom. The largest absolute Gasteiger partial charge is 0.384 e. The molecule has 0 radical (unpaired) electrons. The lowest BCUT2D eigenvalue weighted by molar-refractivity contribution is -0.119. The van der Waals surface area contributed by atoms with Crippen LogP contribution in [-0.2, 0) is 35.7 Å². The fraction of sp³-hybridized carbons (Fsp3) is 0.346. The quantitative estimate of drug-likeness (QED) is 0.409. The topological polar surface area (TPSA) is 115 Å². The van der Waals surface area contributed by atoms with Gasteiger partial charge in [0.15, 0.2) is 0 Å². The monoisotopic (exact) mass is 476 g/mol. The second-order valence-electron chi connectivity index (χ2n) is 8.87. The van der Waals surface area contributed by atoms with Gasteiger partial charge in [-0.1, -0.05) is 12.1 Å². The predicted octanol–water partition coefficient (Wildman–Crippen LogP) is 2.59. The highest BCUT2D eigenvalue weighted by Crippen LogP contribution is 2.26. The van der Waals surface area contributed by atoms with Crippen LogP contribution in [-0.4, -0.2) is 47.0 Å². The summed E-state index contributed by atoms with van der Waals surface area (Å²) in [5.74, 6) is 0.361. The zero-order valence-electron chi connectivity index (χ0n) is 20.4. The third-order valence-electron chi connectivity index (χ3n) is 6.34. The molecule has 0 aliphatic carbocycles. The van der Waals surface area contributed by atoms with Gasteiger partial charge < -0.3 is 30.6 Å². The van der Waals surface area contributed by atoms with Gasteiger partial charge >= 0.3 is 0 Å². The molecule has 4 N–H and O–H groups in total. The average molecular weight is 477 g/mol. The van der Waals surface area contributed by atoms with Gasteiger partial charge in [0.2, 0.25) is 6.41 Å². The summed E-state index contributed by atoms with van der Waals surface area (Å²) < 4.78 is 7.18. The highest BCUT2D eigenvalue weighted by Gasteiger charge is 2.18. The molecule has 9 nitrogen and oxygen atoms in total. The van der Waals surface area contributed by atoms with Crippen LogP contribution in [0.25, 0.3) is 0 Å². The molecule has 3 aromatic rings. The summed E-state index contributed by atoms with van der Waals surface area (Å²) in [5, 5.41) is 6.49. The number of nitrogens with one attached hydrogen (secondary N) is 2. The summed E-state index contributed by atoms with van der Waals surface area (Å²) in [6, 6.07) is 9.95. The normalized spacial score (nSPS) is 12.2. The summed E-state index contributed by atoms with van der Waals surface area (Å²) in [5.41, 5.74) is 13.5. The minimum absolute atomic E-state index is 0.123. The number of aromatic nitrogens is 2. The number of fused-ring (bicyclic) bond motifs is 2. The van der Waals surface area contributed by atoms with Crippen molar-refractivity contribution in [1.82, 2.24) is 19.8 Å². The smallest absolute Gasteiger partial charge is 0.253 e. The van der Waals surface area contributed by atoms with Gasteiger partial charge in [-0.3, -0.25) is 9.59 Å². The number of anilines is 2. The molecule has 1 aliphatic heterocycles. The third kappa shape index (κ3) is 5.63. The van der Waals surface area contributed by atoms with Gasteiger partial charge in [0.25, 0.3) is 5.91 Å². The van der Waals surface area contributed by atoms with Crippen LogP contribution in [0.2, 0.25) is 0 Å². The maximum atomic E-state index is 12.9. The summed E-state index contributed by atoms with van der Waals surface area (Å²) in [4.78, 5) is 30.2. The highest BCUT2D eigenvalue weighted by molar-refractivity contribution is 5.94. The molecule has 0 atom stereocenters. The Hall–Kier alpha value is -3.85. The van der Waals surface area contributed by atoms with Crippen LogP contribution >= 0.6 is 0 Å². The van der Waals surface area contributed by atoms with Gasteiger partial charge in [-0.15, -0.1) is 0 Å². The van der Waals surface area contributed by atoms with Crippen LogP contribution in [0.3, 0.4) is 0 Å². The first-order chi connectivity index (χ1) is 16.9. The number of pyridine rings is 1. The van der Waals surface area contributed by atoms with E-state index in [0.717, 1.165) is 45.7 Å². The number of amides is 2. The maximum absolute atomic E-state index is 12.9. The van der Waals surface area contributed by atoms with E-state index in [2.05, 4.69) is 32.3 Å². The SMILES string of the molecule is COCCN(C=O)Cc1ccc2c(c1)NCc1cc(C(=O)NCc3c(C)cc(N)nc3C)cn1C2. The van der Waals surface area contributed by atoms with Gasteiger partial charge in [-0.2, -0.15) is 0 Å². The van der Waals surface area contributed by atoms with Crippen LogP contribution in [0.1, 0.15) is 44.0 Å². The Morgan fingerprint density at radius 3 is 2.89 bits per heavy atom. The number of aryl methyl sites for hydroxylation is 2. The van der Waals surface area contributed by atoms with Crippen LogP contribution in [0, 0.1) is 13.8 Å². The van der Waals surface area contributed by atoms with Gasteiger partial charge in [-0.25, -0.2) is 4.98 Å². The van der Waals surface area contributed by atoms with Crippen molar-refractivity contribution in [3.8, 4) is 0 Å². The summed E-state index contributed by atoms with van der Waals surface area (Å²) in [7, 11) is 1.62. The molecule has 1 aliphatic rings. The van der Waals surface area contributed by atoms with Crippen molar-refractivity contribution in [2.24, 2.45) is 0 Å². The van der Waals surface area contributed by atoms with E-state index in [1.54, 1.807) is 12.0 Å². The Bertz CT molecular complexity index is 1210. The number of carbonyl (C=O) groups is 2. The van der Waals surface area contributed by atoms with Crippen molar-refractivity contribution >= 4 is 23.8 Å². The van der Waals surface area contributed by atoms with E-state index in [9.17, 15) is 9.59 Å². The van der Waals surface area contributed by atoms with Crippen molar-refractivity contribution in [1.29, 1.82) is 0 Å². The molecule has 1 aromatic carbocycles. The predicted molar refractivity (Wildman–Crippen MR) is 135 cm³/mol. The number of carbonyl (C=O) groups excluding carboxylic acids is 2. The van der Waals surface area contributed by atoms with Gasteiger partial charge in [0.1, 0.15) is 5.82 Å². The Labute approximate surface area is 205 Å². The molecule has 0 spiro atoms. The molecule has 3 heterocycles. The summed E-state index contributed by atoms with van der Waals surface area (Å²) >= 11 is 0. The number of ether oxygens (including phenoxy) is 1. The molecule has 184 valence electrons. The molecule has 0 fully saturated rings. The van der Waals surface area contributed by atoms with Crippen LogP contribution in [0.5, 0.6) is 0 Å². The lowest BCUT2D eigenvalue weighted by Crippen LogP contribution is -2.25. The third-order valence-corrected chi connectivity index (χ3v) is 6.34. The number of hydrogen-bond donors (Lipinski definition) is 3. The highest BCUT2D eigenvalue weighted by atomic mass is 16.5. The van der Waals surface area contributed by atoms with Crippen molar-refractivity contribution in [2.45, 2.75) is 40.0 Å². The summed E-state index contributed by atoms with van der Waals surface area (Å²) in [6.07, 6.45) is 2.75. The molecule has 2 aromatic heterocycles. The average Bonchev–Trinajstić information content (AvgIpc) is 3.15. The van der Waals surface area contributed by atoms with Crippen LogP contribution in [0.15, 0.2) is 36.5 Å². The van der Waals surface area contributed by atoms with Crippen LogP contribution in [0.4, 0.5) is 11.5 Å². The van der Waals surface area contributed by atoms with E-state index in [-0.39, 0.29) is 5.91 Å². The van der Waals surface area contributed by atoms with Gasteiger partial charge in [0, 0.05) is 56.6 Å². The van der Waals surface area contributed by atoms with E-state index in [0.29, 0.717) is 50.7 Å². The number of nitrogens with two attached hydrogens (primary N) is 1. The number of methoxy groups -OCH3 is 1. The van der Waals surface area contributed by atoms with Crippen LogP contribution < -0.4 is 16.4 Å². The number of nitrogen functional groups attached to an aromatic ring is 1. The zero-order chi connectivity index (χ0) is 24.9. The zero-order valence-corrected chi connectivity index (χ0v) is 20.4. The molecule has 2 amide bonds. The molecular formula is C26H32N6O3.